The number of hydrogen-bond donors (Lipinski definition) is 0. The van der Waals surface area contributed by atoms with Crippen LogP contribution in [0.15, 0.2) is 30.5 Å². The summed E-state index contributed by atoms with van der Waals surface area (Å²) in [5.41, 5.74) is 3.56. The topological polar surface area (TPSA) is 48.9 Å². The molecule has 1 aromatic heterocycles. The number of amides is 1. The molecule has 0 radical (unpaired) electrons. The first-order valence-corrected chi connectivity index (χ1v) is 11.7. The summed E-state index contributed by atoms with van der Waals surface area (Å²) in [5.74, 6) is 1.71. The summed E-state index contributed by atoms with van der Waals surface area (Å²) in [7, 11) is 2.01. The number of aryl methyl sites for hydroxylation is 1. The number of benzene rings is 1. The Hall–Kier alpha value is -2.18. The second-order valence-corrected chi connectivity index (χ2v) is 9.59. The number of ether oxygens (including phenoxy) is 1. The van der Waals surface area contributed by atoms with Crippen LogP contribution in [0.2, 0.25) is 0 Å². The molecule has 2 unspecified atom stereocenters. The van der Waals surface area contributed by atoms with Crippen molar-refractivity contribution in [3.05, 3.63) is 36.0 Å². The van der Waals surface area contributed by atoms with Gasteiger partial charge >= 0.3 is 0 Å². The lowest BCUT2D eigenvalue weighted by molar-refractivity contribution is -0.134. The molecule has 2 atom stereocenters. The highest BCUT2D eigenvalue weighted by atomic mass is 16.5. The molecule has 2 saturated heterocycles. The number of anilines is 1. The molecule has 31 heavy (non-hydrogen) atoms. The van der Waals surface area contributed by atoms with E-state index in [0.29, 0.717) is 12.5 Å². The lowest BCUT2D eigenvalue weighted by Gasteiger charge is -2.43. The number of carbonyl (C=O) groups is 1. The van der Waals surface area contributed by atoms with E-state index in [-0.39, 0.29) is 11.9 Å². The van der Waals surface area contributed by atoms with Gasteiger partial charge in [-0.15, -0.1) is 0 Å². The van der Waals surface area contributed by atoms with E-state index >= 15 is 0 Å². The van der Waals surface area contributed by atoms with E-state index in [4.69, 9.17) is 4.74 Å². The Kier molecular flexibility index (Phi) is 5.85. The summed E-state index contributed by atoms with van der Waals surface area (Å²) in [6.45, 7) is 7.76. The zero-order chi connectivity index (χ0) is 21.4. The third-order valence-corrected chi connectivity index (χ3v) is 7.44. The number of fused-ring (bicyclic) bond motifs is 1. The summed E-state index contributed by atoms with van der Waals surface area (Å²) in [5, 5.41) is 1.22. The highest BCUT2D eigenvalue weighted by Crippen LogP contribution is 2.43. The van der Waals surface area contributed by atoms with Crippen molar-refractivity contribution >= 4 is 22.5 Å². The zero-order valence-electron chi connectivity index (χ0n) is 18.8. The molecule has 3 heterocycles. The first kappa shape index (κ1) is 20.7. The Morgan fingerprint density at radius 3 is 2.74 bits per heavy atom. The highest BCUT2D eigenvalue weighted by molar-refractivity contribution is 5.93. The van der Waals surface area contributed by atoms with Gasteiger partial charge in [0.1, 0.15) is 0 Å². The second kappa shape index (κ2) is 8.75. The Morgan fingerprint density at radius 2 is 1.97 bits per heavy atom. The minimum atomic E-state index is 0.235. The molecule has 6 nitrogen and oxygen atoms in total. The molecule has 2 aliphatic heterocycles. The fourth-order valence-corrected chi connectivity index (χ4v) is 5.34. The van der Waals surface area contributed by atoms with Crippen molar-refractivity contribution in [2.75, 3.05) is 57.9 Å². The Labute approximate surface area is 185 Å². The maximum Gasteiger partial charge on any atom is 0.236 e. The van der Waals surface area contributed by atoms with E-state index in [1.807, 2.05) is 24.2 Å². The van der Waals surface area contributed by atoms with Gasteiger partial charge in [-0.25, -0.2) is 0 Å². The monoisotopic (exact) mass is 422 g/mol. The molecule has 1 saturated carbocycles. The second-order valence-electron chi connectivity index (χ2n) is 9.59. The van der Waals surface area contributed by atoms with E-state index < -0.39 is 0 Å². The zero-order valence-corrected chi connectivity index (χ0v) is 18.8. The molecular formula is C25H34N4O2. The van der Waals surface area contributed by atoms with Crippen LogP contribution in [0.5, 0.6) is 0 Å². The third kappa shape index (κ3) is 4.41. The Bertz CT molecular complexity index is 938. The van der Waals surface area contributed by atoms with Gasteiger partial charge in [0.15, 0.2) is 0 Å². The van der Waals surface area contributed by atoms with Crippen molar-refractivity contribution in [3.63, 3.8) is 0 Å². The van der Waals surface area contributed by atoms with Crippen LogP contribution in [0.3, 0.4) is 0 Å². The summed E-state index contributed by atoms with van der Waals surface area (Å²) >= 11 is 0. The summed E-state index contributed by atoms with van der Waals surface area (Å²) in [4.78, 5) is 24.5. The lowest BCUT2D eigenvalue weighted by Crippen LogP contribution is -2.54. The predicted molar refractivity (Wildman–Crippen MR) is 123 cm³/mol. The number of hydrogen-bond acceptors (Lipinski definition) is 5. The molecule has 166 valence electrons. The minimum Gasteiger partial charge on any atom is -0.379 e. The molecule has 3 fully saturated rings. The third-order valence-electron chi connectivity index (χ3n) is 7.44. The van der Waals surface area contributed by atoms with E-state index in [2.05, 4.69) is 39.9 Å². The van der Waals surface area contributed by atoms with Crippen LogP contribution >= 0.6 is 0 Å². The number of carbonyl (C=O) groups excluding carboxylic acids is 1. The van der Waals surface area contributed by atoms with Crippen LogP contribution in [-0.2, 0) is 9.53 Å². The van der Waals surface area contributed by atoms with Crippen LogP contribution in [-0.4, -0.2) is 79.7 Å². The van der Waals surface area contributed by atoms with Crippen LogP contribution in [0.4, 0.5) is 5.69 Å². The van der Waals surface area contributed by atoms with Gasteiger partial charge in [0.25, 0.3) is 0 Å². The minimum absolute atomic E-state index is 0.235. The number of pyridine rings is 1. The number of rotatable bonds is 5. The molecule has 6 heteroatoms. The van der Waals surface area contributed by atoms with Crippen molar-refractivity contribution < 1.29 is 9.53 Å². The van der Waals surface area contributed by atoms with Gasteiger partial charge in [-0.2, -0.15) is 0 Å². The molecule has 3 aliphatic rings. The average molecular weight is 423 g/mol. The van der Waals surface area contributed by atoms with Gasteiger partial charge < -0.3 is 14.5 Å². The summed E-state index contributed by atoms with van der Waals surface area (Å²) < 4.78 is 5.43. The Morgan fingerprint density at radius 1 is 1.16 bits per heavy atom. The van der Waals surface area contributed by atoms with Gasteiger partial charge in [0.2, 0.25) is 5.91 Å². The summed E-state index contributed by atoms with van der Waals surface area (Å²) in [6.07, 6.45) is 5.68. The van der Waals surface area contributed by atoms with Gasteiger partial charge in [0.05, 0.1) is 25.3 Å². The fourth-order valence-electron chi connectivity index (χ4n) is 5.34. The van der Waals surface area contributed by atoms with E-state index in [0.717, 1.165) is 57.2 Å². The van der Waals surface area contributed by atoms with Crippen molar-refractivity contribution in [1.29, 1.82) is 0 Å². The predicted octanol–water partition coefficient (Wildman–Crippen LogP) is 2.94. The van der Waals surface area contributed by atoms with Crippen LogP contribution in [0, 0.1) is 18.8 Å². The number of aromatic nitrogens is 1. The molecule has 0 N–H and O–H groups in total. The molecule has 0 spiro atoms. The van der Waals surface area contributed by atoms with Crippen molar-refractivity contribution in [2.45, 2.75) is 32.2 Å². The SMILES string of the molecule is Cc1ccc(N2CC(C3CC3)CC(N(C)C(=O)CN3CCOCC3)C2)c2cccnc12. The molecule has 5 rings (SSSR count). The van der Waals surface area contributed by atoms with E-state index in [1.54, 1.807) is 0 Å². The van der Waals surface area contributed by atoms with Gasteiger partial charge in [0, 0.05) is 56.5 Å². The largest absolute Gasteiger partial charge is 0.379 e. The number of likely N-dealkylation sites (N-methyl/N-ethyl adjacent to an activating group) is 1. The number of morpholine rings is 1. The fraction of sp³-hybridized carbons (Fsp3) is 0.600. The van der Waals surface area contributed by atoms with Gasteiger partial charge in [-0.05, 0) is 61.8 Å². The number of piperidine rings is 1. The molecule has 1 amide bonds. The van der Waals surface area contributed by atoms with Gasteiger partial charge in [-0.1, -0.05) is 6.07 Å². The first-order chi connectivity index (χ1) is 15.1. The normalized spacial score (nSPS) is 25.0. The van der Waals surface area contributed by atoms with Gasteiger partial charge in [-0.3, -0.25) is 14.7 Å². The van der Waals surface area contributed by atoms with Crippen LogP contribution in [0.1, 0.15) is 24.8 Å². The standard InChI is InChI=1S/C25H34N4O2/c1-18-5-8-23(22-4-3-9-26-25(18)22)29-15-20(19-6-7-19)14-21(16-29)27(2)24(30)17-28-10-12-31-13-11-28/h3-5,8-9,19-21H,6-7,10-17H2,1-2H3. The van der Waals surface area contributed by atoms with Crippen molar-refractivity contribution in [2.24, 2.45) is 11.8 Å². The smallest absolute Gasteiger partial charge is 0.236 e. The lowest BCUT2D eigenvalue weighted by atomic mass is 9.88. The molecule has 1 aliphatic carbocycles. The molecule has 1 aromatic carbocycles. The first-order valence-electron chi connectivity index (χ1n) is 11.7. The molecule has 0 bridgehead atoms. The molecule has 2 aromatic rings. The Balaban J connectivity index is 1.37. The quantitative estimate of drug-likeness (QED) is 0.742. The maximum atomic E-state index is 13.1. The van der Waals surface area contributed by atoms with Crippen LogP contribution < -0.4 is 4.90 Å². The molecular weight excluding hydrogens is 388 g/mol. The van der Waals surface area contributed by atoms with Crippen molar-refractivity contribution in [1.82, 2.24) is 14.8 Å². The van der Waals surface area contributed by atoms with E-state index in [1.165, 1.54) is 29.5 Å². The van der Waals surface area contributed by atoms with Crippen molar-refractivity contribution in [3.8, 4) is 0 Å². The highest BCUT2D eigenvalue weighted by Gasteiger charge is 2.40. The van der Waals surface area contributed by atoms with Crippen LogP contribution in [0.25, 0.3) is 10.9 Å². The average Bonchev–Trinajstić information content (AvgIpc) is 3.65. The van der Waals surface area contributed by atoms with E-state index in [9.17, 15) is 4.79 Å². The summed E-state index contributed by atoms with van der Waals surface area (Å²) in [6, 6.07) is 8.91. The number of nitrogens with zero attached hydrogens (tertiary/aromatic N) is 4. The maximum absolute atomic E-state index is 13.1.